The predicted molar refractivity (Wildman–Crippen MR) is 102 cm³/mol. The van der Waals surface area contributed by atoms with Crippen molar-refractivity contribution in [3.63, 3.8) is 0 Å². The molecule has 1 aliphatic heterocycles. The van der Waals surface area contributed by atoms with Gasteiger partial charge in [0, 0.05) is 42.5 Å². The number of morpholine rings is 1. The Bertz CT molecular complexity index is 843. The van der Waals surface area contributed by atoms with E-state index in [1.165, 1.54) is 6.92 Å². The topological polar surface area (TPSA) is 87.7 Å². The summed E-state index contributed by atoms with van der Waals surface area (Å²) in [5.74, 6) is -0.569. The highest BCUT2D eigenvalue weighted by Crippen LogP contribution is 2.16. The van der Waals surface area contributed by atoms with Gasteiger partial charge in [-0.25, -0.2) is 0 Å². The molecule has 1 aliphatic rings. The number of benzene rings is 2. The van der Waals surface area contributed by atoms with Crippen LogP contribution in [0.25, 0.3) is 0 Å². The van der Waals surface area contributed by atoms with Gasteiger partial charge in [-0.3, -0.25) is 14.4 Å². The summed E-state index contributed by atoms with van der Waals surface area (Å²) in [6, 6.07) is 13.5. The number of anilines is 2. The van der Waals surface area contributed by atoms with Gasteiger partial charge < -0.3 is 20.3 Å². The summed E-state index contributed by atoms with van der Waals surface area (Å²) in [6.45, 7) is 3.59. The first-order valence-electron chi connectivity index (χ1n) is 8.69. The third-order valence-electron chi connectivity index (χ3n) is 4.13. The van der Waals surface area contributed by atoms with Crippen molar-refractivity contribution in [3.05, 3.63) is 59.7 Å². The minimum atomic E-state index is -0.307. The molecule has 0 atom stereocenters. The first-order valence-corrected chi connectivity index (χ1v) is 8.69. The van der Waals surface area contributed by atoms with E-state index in [2.05, 4.69) is 10.6 Å². The Morgan fingerprint density at radius 2 is 1.48 bits per heavy atom. The average Bonchev–Trinajstić information content (AvgIpc) is 2.69. The Labute approximate surface area is 157 Å². The van der Waals surface area contributed by atoms with E-state index in [1.54, 1.807) is 53.4 Å². The van der Waals surface area contributed by atoms with Gasteiger partial charge in [-0.15, -0.1) is 0 Å². The highest BCUT2D eigenvalue weighted by molar-refractivity contribution is 6.06. The standard InChI is InChI=1S/C20H21N3O4/c1-14(24)21-17-5-7-18(8-6-17)22-19(25)15-3-2-4-16(13-15)20(26)23-9-11-27-12-10-23/h2-8,13H,9-12H2,1H3,(H,21,24)(H,22,25). The van der Waals surface area contributed by atoms with Gasteiger partial charge in [-0.05, 0) is 42.5 Å². The molecule has 2 N–H and O–H groups in total. The lowest BCUT2D eigenvalue weighted by atomic mass is 10.1. The van der Waals surface area contributed by atoms with Gasteiger partial charge in [0.15, 0.2) is 0 Å². The zero-order valence-corrected chi connectivity index (χ0v) is 15.0. The Balaban J connectivity index is 1.68. The molecule has 1 saturated heterocycles. The molecule has 27 heavy (non-hydrogen) atoms. The summed E-state index contributed by atoms with van der Waals surface area (Å²) in [5, 5.41) is 5.45. The molecule has 0 aliphatic carbocycles. The van der Waals surface area contributed by atoms with E-state index < -0.39 is 0 Å². The Kier molecular flexibility index (Phi) is 5.83. The monoisotopic (exact) mass is 367 g/mol. The Morgan fingerprint density at radius 3 is 2.11 bits per heavy atom. The van der Waals surface area contributed by atoms with E-state index in [1.807, 2.05) is 0 Å². The van der Waals surface area contributed by atoms with E-state index in [-0.39, 0.29) is 17.7 Å². The van der Waals surface area contributed by atoms with Crippen LogP contribution in [0, 0.1) is 0 Å². The average molecular weight is 367 g/mol. The quantitative estimate of drug-likeness (QED) is 0.868. The Hall–Kier alpha value is -3.19. The summed E-state index contributed by atoms with van der Waals surface area (Å²) in [5.41, 5.74) is 2.13. The largest absolute Gasteiger partial charge is 0.378 e. The number of nitrogens with one attached hydrogen (secondary N) is 2. The molecular formula is C20H21N3O4. The van der Waals surface area contributed by atoms with Crippen LogP contribution in [-0.2, 0) is 9.53 Å². The molecule has 2 aromatic carbocycles. The van der Waals surface area contributed by atoms with Crippen molar-refractivity contribution in [2.45, 2.75) is 6.92 Å². The number of hydrogen-bond donors (Lipinski definition) is 2. The highest BCUT2D eigenvalue weighted by atomic mass is 16.5. The SMILES string of the molecule is CC(=O)Nc1ccc(NC(=O)c2cccc(C(=O)N3CCOCC3)c2)cc1. The van der Waals surface area contributed by atoms with Crippen molar-refractivity contribution in [3.8, 4) is 0 Å². The van der Waals surface area contributed by atoms with Crippen molar-refractivity contribution >= 4 is 29.1 Å². The maximum Gasteiger partial charge on any atom is 0.255 e. The number of nitrogens with zero attached hydrogens (tertiary/aromatic N) is 1. The van der Waals surface area contributed by atoms with E-state index in [4.69, 9.17) is 4.74 Å². The fraction of sp³-hybridized carbons (Fsp3) is 0.250. The van der Waals surface area contributed by atoms with Gasteiger partial charge in [-0.1, -0.05) is 6.07 Å². The molecule has 0 unspecified atom stereocenters. The second-order valence-corrected chi connectivity index (χ2v) is 6.20. The summed E-state index contributed by atoms with van der Waals surface area (Å²) >= 11 is 0. The molecule has 3 amide bonds. The molecular weight excluding hydrogens is 346 g/mol. The highest BCUT2D eigenvalue weighted by Gasteiger charge is 2.19. The van der Waals surface area contributed by atoms with Crippen molar-refractivity contribution in [1.29, 1.82) is 0 Å². The van der Waals surface area contributed by atoms with Gasteiger partial charge in [-0.2, -0.15) is 0 Å². The molecule has 3 rings (SSSR count). The first-order chi connectivity index (χ1) is 13.0. The molecule has 0 bridgehead atoms. The number of hydrogen-bond acceptors (Lipinski definition) is 4. The summed E-state index contributed by atoms with van der Waals surface area (Å²) in [6.07, 6.45) is 0. The molecule has 1 fully saturated rings. The molecule has 0 spiro atoms. The molecule has 0 radical (unpaired) electrons. The molecule has 1 heterocycles. The van der Waals surface area contributed by atoms with Crippen molar-refractivity contribution in [2.75, 3.05) is 36.9 Å². The lowest BCUT2D eigenvalue weighted by Crippen LogP contribution is -2.40. The van der Waals surface area contributed by atoms with E-state index in [0.717, 1.165) is 0 Å². The van der Waals surface area contributed by atoms with Crippen LogP contribution in [0.4, 0.5) is 11.4 Å². The maximum atomic E-state index is 12.6. The van der Waals surface area contributed by atoms with Crippen molar-refractivity contribution in [1.82, 2.24) is 4.90 Å². The summed E-state index contributed by atoms with van der Waals surface area (Å²) in [7, 11) is 0. The van der Waals surface area contributed by atoms with Gasteiger partial charge in [0.2, 0.25) is 5.91 Å². The molecule has 2 aromatic rings. The van der Waals surface area contributed by atoms with Gasteiger partial charge in [0.05, 0.1) is 13.2 Å². The fourth-order valence-corrected chi connectivity index (χ4v) is 2.79. The second kappa shape index (κ2) is 8.46. The van der Waals surface area contributed by atoms with Crippen molar-refractivity contribution < 1.29 is 19.1 Å². The van der Waals surface area contributed by atoms with Crippen LogP contribution in [-0.4, -0.2) is 48.9 Å². The third-order valence-corrected chi connectivity index (χ3v) is 4.13. The van der Waals surface area contributed by atoms with Gasteiger partial charge >= 0.3 is 0 Å². The lowest BCUT2D eigenvalue weighted by Gasteiger charge is -2.27. The molecule has 7 nitrogen and oxygen atoms in total. The predicted octanol–water partition coefficient (Wildman–Crippen LogP) is 2.37. The van der Waals surface area contributed by atoms with Gasteiger partial charge in [0.25, 0.3) is 11.8 Å². The van der Waals surface area contributed by atoms with E-state index in [9.17, 15) is 14.4 Å². The molecule has 0 saturated carbocycles. The minimum absolute atomic E-state index is 0.104. The molecule has 140 valence electrons. The first kappa shape index (κ1) is 18.6. The van der Waals surface area contributed by atoms with Crippen LogP contribution in [0.15, 0.2) is 48.5 Å². The lowest BCUT2D eigenvalue weighted by molar-refractivity contribution is -0.114. The van der Waals surface area contributed by atoms with Crippen LogP contribution in [0.2, 0.25) is 0 Å². The van der Waals surface area contributed by atoms with E-state index in [0.29, 0.717) is 48.8 Å². The zero-order chi connectivity index (χ0) is 19.2. The number of rotatable bonds is 4. The molecule has 7 heteroatoms. The zero-order valence-electron chi connectivity index (χ0n) is 15.0. The number of carbonyl (C=O) groups excluding carboxylic acids is 3. The summed E-state index contributed by atoms with van der Waals surface area (Å²) in [4.78, 5) is 37.8. The normalized spacial score (nSPS) is 13.7. The number of carbonyl (C=O) groups is 3. The van der Waals surface area contributed by atoms with Crippen LogP contribution < -0.4 is 10.6 Å². The van der Waals surface area contributed by atoms with Crippen molar-refractivity contribution in [2.24, 2.45) is 0 Å². The summed E-state index contributed by atoms with van der Waals surface area (Å²) < 4.78 is 5.26. The third kappa shape index (κ3) is 4.92. The smallest absolute Gasteiger partial charge is 0.255 e. The number of ether oxygens (including phenoxy) is 1. The van der Waals surface area contributed by atoms with E-state index >= 15 is 0 Å². The second-order valence-electron chi connectivity index (χ2n) is 6.20. The minimum Gasteiger partial charge on any atom is -0.378 e. The van der Waals surface area contributed by atoms with Crippen LogP contribution in [0.3, 0.4) is 0 Å². The van der Waals surface area contributed by atoms with Crippen LogP contribution >= 0.6 is 0 Å². The Morgan fingerprint density at radius 1 is 0.889 bits per heavy atom. The maximum absolute atomic E-state index is 12.6. The van der Waals surface area contributed by atoms with Crippen LogP contribution in [0.5, 0.6) is 0 Å². The number of amides is 3. The fourth-order valence-electron chi connectivity index (χ4n) is 2.79. The van der Waals surface area contributed by atoms with Crippen LogP contribution in [0.1, 0.15) is 27.6 Å². The van der Waals surface area contributed by atoms with Gasteiger partial charge in [0.1, 0.15) is 0 Å². The molecule has 0 aromatic heterocycles.